The van der Waals surface area contributed by atoms with Crippen LogP contribution in [0.15, 0.2) is 29.6 Å². The summed E-state index contributed by atoms with van der Waals surface area (Å²) in [6.45, 7) is 2.71. The summed E-state index contributed by atoms with van der Waals surface area (Å²) < 4.78 is 12.9. The third kappa shape index (κ3) is 2.71. The monoisotopic (exact) mass is 319 g/mol. The largest absolute Gasteiger partial charge is 0.331 e. The molecule has 2 heterocycles. The minimum absolute atomic E-state index is 0.113. The van der Waals surface area contributed by atoms with E-state index in [9.17, 15) is 14.0 Å². The van der Waals surface area contributed by atoms with Gasteiger partial charge in [0.05, 0.1) is 0 Å². The van der Waals surface area contributed by atoms with Crippen molar-refractivity contribution in [1.82, 2.24) is 9.88 Å². The summed E-state index contributed by atoms with van der Waals surface area (Å²) in [5.41, 5.74) is 0.717. The normalized spacial score (nSPS) is 16.5. The lowest BCUT2D eigenvalue weighted by molar-refractivity contribution is 0.0870. The van der Waals surface area contributed by atoms with Crippen molar-refractivity contribution >= 4 is 28.3 Å². The molecule has 0 radical (unpaired) electrons. The van der Waals surface area contributed by atoms with Crippen LogP contribution in [0.2, 0.25) is 0 Å². The van der Waals surface area contributed by atoms with Gasteiger partial charge in [-0.2, -0.15) is 0 Å². The van der Waals surface area contributed by atoms with Crippen molar-refractivity contribution in [1.29, 1.82) is 0 Å². The number of hydrogen-bond donors (Lipinski definition) is 0. The van der Waals surface area contributed by atoms with E-state index in [0.29, 0.717) is 16.4 Å². The Kier molecular flexibility index (Phi) is 3.66. The number of aromatic nitrogens is 1. The molecule has 2 amide bonds. The van der Waals surface area contributed by atoms with Crippen LogP contribution in [0, 0.1) is 5.82 Å². The first kappa shape index (κ1) is 14.6. The van der Waals surface area contributed by atoms with Crippen LogP contribution in [-0.4, -0.2) is 41.3 Å². The van der Waals surface area contributed by atoms with Gasteiger partial charge in [0, 0.05) is 30.6 Å². The van der Waals surface area contributed by atoms with Gasteiger partial charge in [-0.3, -0.25) is 14.5 Å². The molecule has 1 saturated heterocycles. The SMILES string of the molecule is CC1CN1C(=O)c1csc(N(C)C(=O)c2ccc(F)cc2)n1. The minimum atomic E-state index is -0.395. The van der Waals surface area contributed by atoms with Crippen LogP contribution in [0.4, 0.5) is 9.52 Å². The number of hydrogen-bond acceptors (Lipinski definition) is 4. The molecule has 1 unspecified atom stereocenters. The lowest BCUT2D eigenvalue weighted by Gasteiger charge is -2.13. The van der Waals surface area contributed by atoms with E-state index >= 15 is 0 Å². The summed E-state index contributed by atoms with van der Waals surface area (Å²) in [6.07, 6.45) is 0. The second-order valence-electron chi connectivity index (χ2n) is 5.19. The van der Waals surface area contributed by atoms with Gasteiger partial charge in [-0.15, -0.1) is 11.3 Å². The Morgan fingerprint density at radius 3 is 2.59 bits per heavy atom. The van der Waals surface area contributed by atoms with Crippen LogP contribution in [0.3, 0.4) is 0 Å². The van der Waals surface area contributed by atoms with Gasteiger partial charge in [-0.25, -0.2) is 9.37 Å². The average Bonchev–Trinajstić information content (AvgIpc) is 3.04. The van der Waals surface area contributed by atoms with Crippen LogP contribution < -0.4 is 4.90 Å². The molecule has 0 spiro atoms. The maximum atomic E-state index is 12.9. The second kappa shape index (κ2) is 5.49. The molecule has 1 aliphatic heterocycles. The Balaban J connectivity index is 1.76. The number of benzene rings is 1. The second-order valence-corrected chi connectivity index (χ2v) is 6.03. The molecular weight excluding hydrogens is 305 g/mol. The van der Waals surface area contributed by atoms with Crippen LogP contribution in [0.25, 0.3) is 0 Å². The first-order valence-electron chi connectivity index (χ1n) is 6.77. The lowest BCUT2D eigenvalue weighted by Crippen LogP contribution is -2.26. The number of thiazole rings is 1. The van der Waals surface area contributed by atoms with E-state index < -0.39 is 5.82 Å². The van der Waals surface area contributed by atoms with E-state index in [0.717, 1.165) is 6.54 Å². The molecule has 22 heavy (non-hydrogen) atoms. The molecule has 3 rings (SSSR count). The molecule has 1 aromatic carbocycles. The van der Waals surface area contributed by atoms with Crippen molar-refractivity contribution in [2.75, 3.05) is 18.5 Å². The highest BCUT2D eigenvalue weighted by molar-refractivity contribution is 7.14. The first-order chi connectivity index (χ1) is 10.5. The van der Waals surface area contributed by atoms with Crippen LogP contribution in [-0.2, 0) is 0 Å². The maximum Gasteiger partial charge on any atom is 0.273 e. The van der Waals surface area contributed by atoms with Gasteiger partial charge in [0.15, 0.2) is 5.13 Å². The fourth-order valence-electron chi connectivity index (χ4n) is 2.06. The number of carbonyl (C=O) groups is 2. The van der Waals surface area contributed by atoms with Crippen molar-refractivity contribution in [2.24, 2.45) is 0 Å². The zero-order chi connectivity index (χ0) is 15.9. The fourth-order valence-corrected chi connectivity index (χ4v) is 2.82. The number of amides is 2. The highest BCUT2D eigenvalue weighted by atomic mass is 32.1. The average molecular weight is 319 g/mol. The highest BCUT2D eigenvalue weighted by Crippen LogP contribution is 2.25. The van der Waals surface area contributed by atoms with Crippen LogP contribution in [0.5, 0.6) is 0 Å². The number of nitrogens with zero attached hydrogens (tertiary/aromatic N) is 3. The Hall–Kier alpha value is -2.28. The molecule has 0 bridgehead atoms. The highest BCUT2D eigenvalue weighted by Gasteiger charge is 2.36. The topological polar surface area (TPSA) is 53.3 Å². The van der Waals surface area contributed by atoms with Gasteiger partial charge in [0.2, 0.25) is 0 Å². The van der Waals surface area contributed by atoms with E-state index in [-0.39, 0.29) is 17.9 Å². The molecule has 1 aromatic heterocycles. The molecule has 1 fully saturated rings. The minimum Gasteiger partial charge on any atom is -0.331 e. The summed E-state index contributed by atoms with van der Waals surface area (Å²) in [5.74, 6) is -0.806. The van der Waals surface area contributed by atoms with Gasteiger partial charge in [0.25, 0.3) is 11.8 Å². The van der Waals surface area contributed by atoms with Crippen molar-refractivity contribution in [2.45, 2.75) is 13.0 Å². The number of rotatable bonds is 3. The summed E-state index contributed by atoms with van der Waals surface area (Å²) in [6, 6.07) is 5.58. The van der Waals surface area contributed by atoms with Crippen molar-refractivity contribution < 1.29 is 14.0 Å². The third-order valence-corrected chi connectivity index (χ3v) is 4.43. The van der Waals surface area contributed by atoms with Gasteiger partial charge >= 0.3 is 0 Å². The Morgan fingerprint density at radius 2 is 2.00 bits per heavy atom. The first-order valence-corrected chi connectivity index (χ1v) is 7.65. The molecule has 5 nitrogen and oxygen atoms in total. The van der Waals surface area contributed by atoms with E-state index in [2.05, 4.69) is 4.98 Å². The predicted molar refractivity (Wildman–Crippen MR) is 81.7 cm³/mol. The van der Waals surface area contributed by atoms with E-state index in [1.807, 2.05) is 6.92 Å². The number of carbonyl (C=O) groups excluding carboxylic acids is 2. The van der Waals surface area contributed by atoms with E-state index in [1.54, 1.807) is 17.3 Å². The smallest absolute Gasteiger partial charge is 0.273 e. The van der Waals surface area contributed by atoms with E-state index in [1.165, 1.54) is 40.5 Å². The molecule has 2 aromatic rings. The van der Waals surface area contributed by atoms with Gasteiger partial charge in [0.1, 0.15) is 11.5 Å². The quantitative estimate of drug-likeness (QED) is 0.816. The van der Waals surface area contributed by atoms with Crippen molar-refractivity contribution in [3.63, 3.8) is 0 Å². The van der Waals surface area contributed by atoms with Crippen LogP contribution >= 0.6 is 11.3 Å². The number of halogens is 1. The number of anilines is 1. The Labute approximate surface area is 131 Å². The maximum absolute atomic E-state index is 12.9. The molecule has 114 valence electrons. The standard InChI is InChI=1S/C15H14FN3O2S/c1-9-7-19(9)14(21)12-8-22-15(17-12)18(2)13(20)10-3-5-11(16)6-4-10/h3-6,8-9H,7H2,1-2H3. The zero-order valence-electron chi connectivity index (χ0n) is 12.1. The summed E-state index contributed by atoms with van der Waals surface area (Å²) in [4.78, 5) is 31.7. The third-order valence-electron chi connectivity index (χ3n) is 3.51. The summed E-state index contributed by atoms with van der Waals surface area (Å²) in [7, 11) is 1.58. The zero-order valence-corrected chi connectivity index (χ0v) is 12.9. The van der Waals surface area contributed by atoms with Crippen molar-refractivity contribution in [3.8, 4) is 0 Å². The molecule has 0 N–H and O–H groups in total. The van der Waals surface area contributed by atoms with Gasteiger partial charge in [-0.05, 0) is 31.2 Å². The van der Waals surface area contributed by atoms with Crippen LogP contribution in [0.1, 0.15) is 27.8 Å². The predicted octanol–water partition coefficient (Wildman–Crippen LogP) is 2.40. The fraction of sp³-hybridized carbons (Fsp3) is 0.267. The summed E-state index contributed by atoms with van der Waals surface area (Å²) in [5, 5.41) is 2.09. The van der Waals surface area contributed by atoms with E-state index in [4.69, 9.17) is 0 Å². The molecule has 0 aliphatic carbocycles. The van der Waals surface area contributed by atoms with Gasteiger partial charge in [-0.1, -0.05) is 0 Å². The summed E-state index contributed by atoms with van der Waals surface area (Å²) >= 11 is 1.23. The van der Waals surface area contributed by atoms with Gasteiger partial charge < -0.3 is 4.90 Å². The molecule has 1 atom stereocenters. The molecule has 0 saturated carbocycles. The lowest BCUT2D eigenvalue weighted by atomic mass is 10.2. The molecular formula is C15H14FN3O2S. The Bertz CT molecular complexity index is 729. The molecule has 1 aliphatic rings. The van der Waals surface area contributed by atoms with Crippen molar-refractivity contribution in [3.05, 3.63) is 46.7 Å². The Morgan fingerprint density at radius 1 is 1.36 bits per heavy atom. The molecule has 7 heteroatoms.